The fraction of sp³-hybridized carbons (Fsp3) is 0.286. The second-order valence-corrected chi connectivity index (χ2v) is 6.26. The first-order valence-corrected chi connectivity index (χ1v) is 7.87. The average molecular weight is 315 g/mol. The molecule has 0 bridgehead atoms. The molecule has 1 aliphatic heterocycles. The van der Waals surface area contributed by atoms with Crippen molar-refractivity contribution in [2.24, 2.45) is 17.3 Å². The predicted octanol–water partition coefficient (Wildman–Crippen LogP) is 2.09. The van der Waals surface area contributed by atoms with E-state index in [1.165, 1.54) is 11.3 Å². The second kappa shape index (κ2) is 4.77. The molecule has 0 saturated heterocycles. The lowest BCUT2D eigenvalue weighted by Gasteiger charge is -1.98. The van der Waals surface area contributed by atoms with E-state index in [1.54, 1.807) is 9.36 Å². The zero-order chi connectivity index (χ0) is 15.3. The first-order chi connectivity index (χ1) is 10.7. The molecule has 3 aromatic rings. The second-order valence-electron chi connectivity index (χ2n) is 5.25. The van der Waals surface area contributed by atoms with Crippen LogP contribution in [0.5, 0.6) is 0 Å². The molecule has 0 aliphatic carbocycles. The van der Waals surface area contributed by atoms with Gasteiger partial charge in [-0.25, -0.2) is 9.25 Å². The van der Waals surface area contributed by atoms with Gasteiger partial charge in [-0.05, 0) is 35.0 Å². The molecule has 1 aromatic carbocycles. The standard InChI is InChI=1S/C14H14N6OS/c1-18-9-5-2-3-6-10(9)22-14(18)17-16-11-12(15)19-7-4-8-20(19)13(11)21/h2-3,5-6,15H,4,7-8H2,1H3/p+1. The van der Waals surface area contributed by atoms with Crippen LogP contribution in [0, 0.1) is 0 Å². The van der Waals surface area contributed by atoms with Crippen molar-refractivity contribution in [3.63, 3.8) is 0 Å². The Labute approximate surface area is 129 Å². The molecule has 0 radical (unpaired) electrons. The molecule has 2 aromatic heterocycles. The summed E-state index contributed by atoms with van der Waals surface area (Å²) in [6.45, 7) is 1.45. The predicted molar refractivity (Wildman–Crippen MR) is 84.9 cm³/mol. The summed E-state index contributed by atoms with van der Waals surface area (Å²) in [5, 5.41) is 9.11. The summed E-state index contributed by atoms with van der Waals surface area (Å²) >= 11 is 1.53. The number of hydrogen-bond acceptors (Lipinski definition) is 5. The highest BCUT2D eigenvalue weighted by Gasteiger charge is 2.23. The number of aryl methyl sites for hydroxylation is 1. The van der Waals surface area contributed by atoms with Crippen LogP contribution >= 0.6 is 11.3 Å². The molecule has 0 fully saturated rings. The molecule has 112 valence electrons. The topological polar surface area (TPSA) is 81.5 Å². The van der Waals surface area contributed by atoms with Crippen LogP contribution in [0.3, 0.4) is 0 Å². The van der Waals surface area contributed by atoms with Crippen LogP contribution in [0.4, 0.5) is 16.6 Å². The van der Waals surface area contributed by atoms with Crippen LogP contribution in [-0.2, 0) is 20.1 Å². The lowest BCUT2D eigenvalue weighted by atomic mass is 10.3. The zero-order valence-corrected chi connectivity index (χ0v) is 12.9. The van der Waals surface area contributed by atoms with E-state index >= 15 is 0 Å². The molecule has 0 saturated carbocycles. The monoisotopic (exact) mass is 315 g/mol. The number of benzene rings is 1. The highest BCUT2D eigenvalue weighted by molar-refractivity contribution is 7.21. The van der Waals surface area contributed by atoms with Crippen LogP contribution in [0.1, 0.15) is 6.42 Å². The fourth-order valence-corrected chi connectivity index (χ4v) is 3.76. The van der Waals surface area contributed by atoms with Crippen molar-refractivity contribution in [3.8, 4) is 0 Å². The summed E-state index contributed by atoms with van der Waals surface area (Å²) in [5.41, 5.74) is 7.18. The van der Waals surface area contributed by atoms with E-state index < -0.39 is 0 Å². The maximum atomic E-state index is 12.3. The molecule has 0 atom stereocenters. The Kier molecular flexibility index (Phi) is 2.86. The number of nitrogen functional groups attached to an aromatic ring is 1. The van der Waals surface area contributed by atoms with Crippen molar-refractivity contribution in [2.45, 2.75) is 19.5 Å². The van der Waals surface area contributed by atoms with Crippen molar-refractivity contribution in [2.75, 3.05) is 5.73 Å². The van der Waals surface area contributed by atoms with Crippen LogP contribution in [0.2, 0.25) is 0 Å². The minimum absolute atomic E-state index is 0.164. The lowest BCUT2D eigenvalue weighted by molar-refractivity contribution is -0.627. The van der Waals surface area contributed by atoms with Gasteiger partial charge in [0.15, 0.2) is 5.82 Å². The Morgan fingerprint density at radius 2 is 2.00 bits per heavy atom. The van der Waals surface area contributed by atoms with Gasteiger partial charge in [0.25, 0.3) is 5.56 Å². The molecule has 7 nitrogen and oxygen atoms in total. The highest BCUT2D eigenvalue weighted by Crippen LogP contribution is 2.28. The summed E-state index contributed by atoms with van der Waals surface area (Å²) < 4.78 is 6.50. The van der Waals surface area contributed by atoms with Gasteiger partial charge < -0.3 is 5.73 Å². The number of thiazole rings is 1. The normalized spacial score (nSPS) is 14.2. The van der Waals surface area contributed by atoms with Gasteiger partial charge in [-0.3, -0.25) is 9.48 Å². The molecule has 0 amide bonds. The molecular formula is C14H15N6OS+. The molecule has 2 N–H and O–H groups in total. The average Bonchev–Trinajstić information content (AvgIpc) is 3.18. The van der Waals surface area contributed by atoms with Crippen molar-refractivity contribution in [1.29, 1.82) is 0 Å². The lowest BCUT2D eigenvalue weighted by Crippen LogP contribution is -2.25. The number of azo groups is 1. The third kappa shape index (κ3) is 1.80. The van der Waals surface area contributed by atoms with Gasteiger partial charge in [0.2, 0.25) is 5.69 Å². The molecule has 1 aliphatic rings. The van der Waals surface area contributed by atoms with Crippen molar-refractivity contribution in [3.05, 3.63) is 34.6 Å². The number of para-hydroxylation sites is 1. The smallest absolute Gasteiger partial charge is 0.382 e. The Balaban J connectivity index is 1.79. The summed E-state index contributed by atoms with van der Waals surface area (Å²) in [7, 11) is 1.93. The van der Waals surface area contributed by atoms with Gasteiger partial charge in [0, 0.05) is 13.1 Å². The van der Waals surface area contributed by atoms with Gasteiger partial charge >= 0.3 is 5.13 Å². The van der Waals surface area contributed by atoms with Crippen LogP contribution < -0.4 is 15.9 Å². The highest BCUT2D eigenvalue weighted by atomic mass is 32.1. The summed E-state index contributed by atoms with van der Waals surface area (Å²) in [4.78, 5) is 12.3. The van der Waals surface area contributed by atoms with Crippen LogP contribution in [0.15, 0.2) is 39.3 Å². The third-order valence-corrected chi connectivity index (χ3v) is 5.04. The molecule has 0 spiro atoms. The van der Waals surface area contributed by atoms with Gasteiger partial charge in [-0.15, -0.1) is 0 Å². The minimum atomic E-state index is -0.164. The number of fused-ring (bicyclic) bond motifs is 2. The Bertz CT molecular complexity index is 964. The maximum Gasteiger partial charge on any atom is 0.409 e. The summed E-state index contributed by atoms with van der Waals surface area (Å²) in [6, 6.07) is 8.04. The molecule has 4 rings (SSSR count). The van der Waals surface area contributed by atoms with Gasteiger partial charge in [0.05, 0.1) is 16.9 Å². The van der Waals surface area contributed by atoms with E-state index in [0.29, 0.717) is 12.4 Å². The van der Waals surface area contributed by atoms with Crippen molar-refractivity contribution in [1.82, 2.24) is 9.36 Å². The molecule has 8 heteroatoms. The number of anilines is 1. The van der Waals surface area contributed by atoms with E-state index in [0.717, 1.165) is 28.3 Å². The molecule has 3 heterocycles. The SMILES string of the molecule is C[n+]1c(N=Nc2c(N)n3n(c2=O)CCC3)sc2ccccc21. The zero-order valence-electron chi connectivity index (χ0n) is 12.1. The van der Waals surface area contributed by atoms with E-state index in [-0.39, 0.29) is 11.2 Å². The van der Waals surface area contributed by atoms with Crippen LogP contribution in [-0.4, -0.2) is 9.36 Å². The maximum absolute atomic E-state index is 12.3. The molecule has 22 heavy (non-hydrogen) atoms. The van der Waals surface area contributed by atoms with Crippen LogP contribution in [0.25, 0.3) is 10.2 Å². The van der Waals surface area contributed by atoms with E-state index in [9.17, 15) is 4.79 Å². The molecule has 0 unspecified atom stereocenters. The van der Waals surface area contributed by atoms with E-state index in [1.807, 2.05) is 35.9 Å². The largest absolute Gasteiger partial charge is 0.409 e. The molecular weight excluding hydrogens is 300 g/mol. The van der Waals surface area contributed by atoms with Crippen molar-refractivity contribution < 1.29 is 4.57 Å². The first kappa shape index (κ1) is 13.2. The Morgan fingerprint density at radius 1 is 1.23 bits per heavy atom. The van der Waals surface area contributed by atoms with E-state index in [4.69, 9.17) is 5.73 Å². The minimum Gasteiger partial charge on any atom is -0.382 e. The number of aromatic nitrogens is 3. The fourth-order valence-electron chi connectivity index (χ4n) is 2.79. The number of hydrogen-bond donors (Lipinski definition) is 1. The van der Waals surface area contributed by atoms with Gasteiger partial charge in [-0.2, -0.15) is 0 Å². The third-order valence-electron chi connectivity index (χ3n) is 3.94. The first-order valence-electron chi connectivity index (χ1n) is 7.05. The number of nitrogens with two attached hydrogens (primary N) is 1. The van der Waals surface area contributed by atoms with E-state index in [2.05, 4.69) is 10.2 Å². The van der Waals surface area contributed by atoms with Gasteiger partial charge in [0.1, 0.15) is 5.52 Å². The Hall–Kier alpha value is -2.48. The van der Waals surface area contributed by atoms with Gasteiger partial charge in [-0.1, -0.05) is 12.1 Å². The van der Waals surface area contributed by atoms with Crippen molar-refractivity contribution >= 4 is 38.2 Å². The summed E-state index contributed by atoms with van der Waals surface area (Å²) in [6.07, 6.45) is 0.933. The Morgan fingerprint density at radius 3 is 2.77 bits per heavy atom. The number of rotatable bonds is 2. The quantitative estimate of drug-likeness (QED) is 0.580. The summed E-state index contributed by atoms with van der Waals surface area (Å²) in [5.74, 6) is 0.398. The number of nitrogens with zero attached hydrogens (tertiary/aromatic N) is 5.